The van der Waals surface area contributed by atoms with Gasteiger partial charge in [-0.25, -0.2) is 8.78 Å². The lowest BCUT2D eigenvalue weighted by Gasteiger charge is -2.52. The lowest BCUT2D eigenvalue weighted by molar-refractivity contribution is -0.121. The van der Waals surface area contributed by atoms with Gasteiger partial charge in [0.25, 0.3) is 6.43 Å². The van der Waals surface area contributed by atoms with Gasteiger partial charge in [0.15, 0.2) is 0 Å². The molecule has 13 heavy (non-hydrogen) atoms. The third kappa shape index (κ3) is 1.70. The molecule has 1 aliphatic carbocycles. The lowest BCUT2D eigenvalue weighted by Crippen LogP contribution is -2.61. The summed E-state index contributed by atoms with van der Waals surface area (Å²) in [7, 11) is 0. The van der Waals surface area contributed by atoms with Gasteiger partial charge in [-0.3, -0.25) is 4.90 Å². The Morgan fingerprint density at radius 2 is 2.15 bits per heavy atom. The molecule has 0 radical (unpaired) electrons. The maximum atomic E-state index is 12.2. The van der Waals surface area contributed by atoms with Gasteiger partial charge in [0, 0.05) is 12.1 Å². The molecule has 1 spiro atoms. The average molecular weight is 191 g/mol. The monoisotopic (exact) mass is 191 g/mol. The highest BCUT2D eigenvalue weighted by Gasteiger charge is 2.45. The molecule has 0 N–H and O–H groups in total. The Balaban J connectivity index is 1.97. The maximum Gasteiger partial charge on any atom is 0.251 e. The predicted octanol–water partition coefficient (Wildman–Crippen LogP) is 1.51. The second-order valence-corrected chi connectivity index (χ2v) is 3.97. The molecule has 76 valence electrons. The largest absolute Gasteiger partial charge is 0.378 e. The first-order chi connectivity index (χ1) is 6.23. The molecule has 0 aromatic heterocycles. The zero-order valence-corrected chi connectivity index (χ0v) is 7.64. The maximum absolute atomic E-state index is 12.2. The number of ether oxygens (including phenoxy) is 1. The van der Waals surface area contributed by atoms with Crippen molar-refractivity contribution in [3.05, 3.63) is 0 Å². The Labute approximate surface area is 76.9 Å². The van der Waals surface area contributed by atoms with Crippen LogP contribution in [0.3, 0.4) is 0 Å². The molecule has 1 saturated carbocycles. The van der Waals surface area contributed by atoms with Crippen molar-refractivity contribution in [3.8, 4) is 0 Å². The third-order valence-electron chi connectivity index (χ3n) is 3.19. The number of morpholine rings is 1. The number of nitrogens with zero attached hydrogens (tertiary/aromatic N) is 1. The van der Waals surface area contributed by atoms with Crippen molar-refractivity contribution in [3.63, 3.8) is 0 Å². The van der Waals surface area contributed by atoms with Crippen molar-refractivity contribution in [2.45, 2.75) is 31.2 Å². The van der Waals surface area contributed by atoms with Crippen LogP contribution in [0.2, 0.25) is 0 Å². The molecule has 2 rings (SSSR count). The quantitative estimate of drug-likeness (QED) is 0.656. The normalized spacial score (nSPS) is 27.9. The van der Waals surface area contributed by atoms with Crippen molar-refractivity contribution in [2.75, 3.05) is 26.3 Å². The van der Waals surface area contributed by atoms with Crippen molar-refractivity contribution in [1.82, 2.24) is 4.90 Å². The van der Waals surface area contributed by atoms with Crippen molar-refractivity contribution in [1.29, 1.82) is 0 Å². The second kappa shape index (κ2) is 3.50. The third-order valence-corrected chi connectivity index (χ3v) is 3.19. The summed E-state index contributed by atoms with van der Waals surface area (Å²) in [5.41, 5.74) is -0.0192. The van der Waals surface area contributed by atoms with E-state index in [1.54, 1.807) is 0 Å². The molecule has 1 aliphatic heterocycles. The molecule has 1 saturated heterocycles. The van der Waals surface area contributed by atoms with Crippen molar-refractivity contribution < 1.29 is 13.5 Å². The van der Waals surface area contributed by atoms with E-state index in [0.717, 1.165) is 19.3 Å². The van der Waals surface area contributed by atoms with Gasteiger partial charge in [0.1, 0.15) is 0 Å². The Kier molecular flexibility index (Phi) is 2.51. The van der Waals surface area contributed by atoms with E-state index in [4.69, 9.17) is 4.74 Å². The van der Waals surface area contributed by atoms with E-state index in [1.807, 2.05) is 4.90 Å². The predicted molar refractivity (Wildman–Crippen MR) is 45.0 cm³/mol. The van der Waals surface area contributed by atoms with Crippen LogP contribution in [-0.2, 0) is 4.74 Å². The Bertz CT molecular complexity index is 182. The number of alkyl halides is 2. The molecule has 2 aliphatic rings. The highest BCUT2D eigenvalue weighted by molar-refractivity contribution is 4.99. The minimum absolute atomic E-state index is 0.0192. The summed E-state index contributed by atoms with van der Waals surface area (Å²) in [6.07, 6.45) is 0.998. The molecule has 0 atom stereocenters. The molecule has 0 aromatic carbocycles. The van der Waals surface area contributed by atoms with Crippen LogP contribution in [0.15, 0.2) is 0 Å². The zero-order chi connectivity index (χ0) is 9.31. The summed E-state index contributed by atoms with van der Waals surface area (Å²) >= 11 is 0. The number of rotatable bonds is 2. The molecular weight excluding hydrogens is 176 g/mol. The Morgan fingerprint density at radius 1 is 1.38 bits per heavy atom. The topological polar surface area (TPSA) is 12.5 Å². The molecule has 2 fully saturated rings. The van der Waals surface area contributed by atoms with E-state index in [-0.39, 0.29) is 12.1 Å². The van der Waals surface area contributed by atoms with Gasteiger partial charge in [-0.15, -0.1) is 0 Å². The van der Waals surface area contributed by atoms with E-state index in [2.05, 4.69) is 0 Å². The van der Waals surface area contributed by atoms with Crippen LogP contribution in [-0.4, -0.2) is 43.2 Å². The summed E-state index contributed by atoms with van der Waals surface area (Å²) in [6, 6.07) is 0. The Hall–Kier alpha value is -0.220. The van der Waals surface area contributed by atoms with E-state index < -0.39 is 6.43 Å². The molecule has 0 amide bonds. The van der Waals surface area contributed by atoms with E-state index in [0.29, 0.717) is 19.8 Å². The van der Waals surface area contributed by atoms with Gasteiger partial charge >= 0.3 is 0 Å². The van der Waals surface area contributed by atoms with Gasteiger partial charge in [0.05, 0.1) is 19.8 Å². The van der Waals surface area contributed by atoms with E-state index >= 15 is 0 Å². The number of halogens is 2. The molecule has 1 heterocycles. The SMILES string of the molecule is FC(F)CN1CCOCC12CCC2. The molecule has 0 unspecified atom stereocenters. The van der Waals surface area contributed by atoms with Gasteiger partial charge in [0.2, 0.25) is 0 Å². The van der Waals surface area contributed by atoms with Crippen LogP contribution in [0.1, 0.15) is 19.3 Å². The molecule has 2 nitrogen and oxygen atoms in total. The van der Waals surface area contributed by atoms with Gasteiger partial charge in [-0.2, -0.15) is 0 Å². The van der Waals surface area contributed by atoms with Gasteiger partial charge in [-0.05, 0) is 19.3 Å². The van der Waals surface area contributed by atoms with Crippen LogP contribution in [0.4, 0.5) is 8.78 Å². The molecule has 0 bridgehead atoms. The fraction of sp³-hybridized carbons (Fsp3) is 1.00. The summed E-state index contributed by atoms with van der Waals surface area (Å²) in [5.74, 6) is 0. The van der Waals surface area contributed by atoms with Crippen LogP contribution >= 0.6 is 0 Å². The van der Waals surface area contributed by atoms with Gasteiger partial charge in [-0.1, -0.05) is 0 Å². The minimum Gasteiger partial charge on any atom is -0.378 e. The first kappa shape index (κ1) is 9.34. The molecule has 0 aromatic rings. The van der Waals surface area contributed by atoms with E-state index in [1.165, 1.54) is 0 Å². The summed E-state index contributed by atoms with van der Waals surface area (Å²) in [6.45, 7) is 1.85. The molecule has 4 heteroatoms. The van der Waals surface area contributed by atoms with Crippen molar-refractivity contribution in [2.24, 2.45) is 0 Å². The first-order valence-electron chi connectivity index (χ1n) is 4.84. The fourth-order valence-corrected chi connectivity index (χ4v) is 2.26. The highest BCUT2D eigenvalue weighted by Crippen LogP contribution is 2.39. The number of hydrogen-bond donors (Lipinski definition) is 0. The van der Waals surface area contributed by atoms with Crippen molar-refractivity contribution >= 4 is 0 Å². The molecular formula is C9H15F2NO. The first-order valence-corrected chi connectivity index (χ1v) is 4.84. The number of hydrogen-bond acceptors (Lipinski definition) is 2. The van der Waals surface area contributed by atoms with Crippen LogP contribution in [0.5, 0.6) is 0 Å². The van der Waals surface area contributed by atoms with Gasteiger partial charge < -0.3 is 4.74 Å². The minimum atomic E-state index is -2.21. The highest BCUT2D eigenvalue weighted by atomic mass is 19.3. The average Bonchev–Trinajstić information content (AvgIpc) is 2.01. The summed E-state index contributed by atoms with van der Waals surface area (Å²) in [5, 5.41) is 0. The fourth-order valence-electron chi connectivity index (χ4n) is 2.26. The van der Waals surface area contributed by atoms with Crippen LogP contribution in [0.25, 0.3) is 0 Å². The lowest BCUT2D eigenvalue weighted by atomic mass is 9.75. The van der Waals surface area contributed by atoms with Crippen LogP contribution in [0, 0.1) is 0 Å². The summed E-state index contributed by atoms with van der Waals surface area (Å²) < 4.78 is 29.8. The zero-order valence-electron chi connectivity index (χ0n) is 7.64. The van der Waals surface area contributed by atoms with Crippen LogP contribution < -0.4 is 0 Å². The second-order valence-electron chi connectivity index (χ2n) is 3.97. The Morgan fingerprint density at radius 3 is 2.69 bits per heavy atom. The van der Waals surface area contributed by atoms with E-state index in [9.17, 15) is 8.78 Å². The summed E-state index contributed by atoms with van der Waals surface area (Å²) in [4.78, 5) is 1.92. The standard InChI is InChI=1S/C9H15F2NO/c10-8(11)6-12-4-5-13-7-9(12)2-1-3-9/h8H,1-7H2. The smallest absolute Gasteiger partial charge is 0.251 e.